The van der Waals surface area contributed by atoms with Crippen LogP contribution in [-0.2, 0) is 0 Å². The van der Waals surface area contributed by atoms with Gasteiger partial charge in [0.05, 0.1) is 0 Å². The quantitative estimate of drug-likeness (QED) is 0.425. The molecule has 0 N–H and O–H groups in total. The highest BCUT2D eigenvalue weighted by atomic mass is 35.5. The first-order valence-corrected chi connectivity index (χ1v) is 3.96. The Morgan fingerprint density at radius 2 is 1.91 bits per heavy atom. The molecular formula is C8H11BClN. The van der Waals surface area contributed by atoms with Crippen LogP contribution in [0.3, 0.4) is 0 Å². The second-order valence-corrected chi connectivity index (χ2v) is 2.28. The van der Waals surface area contributed by atoms with Gasteiger partial charge in [-0.3, -0.25) is 4.98 Å². The SMILES string of the molecule is CC.[B]c1cc(C)cc(Cl)n1. The van der Waals surface area contributed by atoms with Crippen LogP contribution >= 0.6 is 11.6 Å². The molecule has 0 unspecified atom stereocenters. The van der Waals surface area contributed by atoms with Crippen molar-refractivity contribution in [3.8, 4) is 0 Å². The van der Waals surface area contributed by atoms with Crippen molar-refractivity contribution in [3.63, 3.8) is 0 Å². The van der Waals surface area contributed by atoms with Crippen LogP contribution in [-0.4, -0.2) is 12.8 Å². The summed E-state index contributed by atoms with van der Waals surface area (Å²) in [7, 11) is 5.36. The lowest BCUT2D eigenvalue weighted by atomic mass is 10.0. The second kappa shape index (κ2) is 5.19. The minimum absolute atomic E-state index is 0.451. The summed E-state index contributed by atoms with van der Waals surface area (Å²) in [4.78, 5) is 3.78. The van der Waals surface area contributed by atoms with Gasteiger partial charge in [-0.2, -0.15) is 0 Å². The van der Waals surface area contributed by atoms with Gasteiger partial charge in [-0.25, -0.2) is 0 Å². The number of nitrogens with zero attached hydrogens (tertiary/aromatic N) is 1. The number of halogens is 1. The van der Waals surface area contributed by atoms with Crippen LogP contribution in [0, 0.1) is 6.92 Å². The van der Waals surface area contributed by atoms with Gasteiger partial charge < -0.3 is 0 Å². The average molecular weight is 167 g/mol. The Morgan fingerprint density at radius 3 is 2.27 bits per heavy atom. The number of rotatable bonds is 0. The molecule has 2 radical (unpaired) electrons. The molecule has 3 heteroatoms. The second-order valence-electron chi connectivity index (χ2n) is 1.89. The molecular weight excluding hydrogens is 156 g/mol. The molecule has 0 aliphatic heterocycles. The minimum Gasteiger partial charge on any atom is -0.253 e. The number of aromatic nitrogens is 1. The fraction of sp³-hybridized carbons (Fsp3) is 0.375. The van der Waals surface area contributed by atoms with E-state index < -0.39 is 0 Å². The number of aryl methyl sites for hydroxylation is 1. The molecule has 0 aromatic carbocycles. The van der Waals surface area contributed by atoms with E-state index in [-0.39, 0.29) is 0 Å². The number of pyridine rings is 1. The molecule has 0 bridgehead atoms. The fourth-order valence-corrected chi connectivity index (χ4v) is 0.920. The Balaban J connectivity index is 0.000000461. The van der Waals surface area contributed by atoms with E-state index in [0.29, 0.717) is 10.7 Å². The van der Waals surface area contributed by atoms with Crippen molar-refractivity contribution in [2.75, 3.05) is 0 Å². The minimum atomic E-state index is 0.451. The summed E-state index contributed by atoms with van der Waals surface area (Å²) < 4.78 is 0. The van der Waals surface area contributed by atoms with Gasteiger partial charge in [0.1, 0.15) is 13.0 Å². The van der Waals surface area contributed by atoms with Gasteiger partial charge in [0, 0.05) is 0 Å². The van der Waals surface area contributed by atoms with Crippen LogP contribution in [0.2, 0.25) is 5.15 Å². The zero-order chi connectivity index (χ0) is 8.85. The Kier molecular flexibility index (Phi) is 4.96. The largest absolute Gasteiger partial charge is 0.253 e. The van der Waals surface area contributed by atoms with E-state index in [2.05, 4.69) is 4.98 Å². The van der Waals surface area contributed by atoms with Crippen LogP contribution in [0.25, 0.3) is 0 Å². The predicted octanol–water partition coefficient (Wildman–Crippen LogP) is 1.86. The molecule has 1 heterocycles. The lowest BCUT2D eigenvalue weighted by molar-refractivity contribution is 1.34. The molecule has 1 rings (SSSR count). The highest BCUT2D eigenvalue weighted by Crippen LogP contribution is 2.02. The first-order valence-electron chi connectivity index (χ1n) is 3.58. The summed E-state index contributed by atoms with van der Waals surface area (Å²) in [5, 5.41) is 0.451. The van der Waals surface area contributed by atoms with E-state index in [1.165, 1.54) is 0 Å². The lowest BCUT2D eigenvalue weighted by Crippen LogP contribution is -2.07. The van der Waals surface area contributed by atoms with E-state index >= 15 is 0 Å². The Hall–Kier alpha value is -0.495. The molecule has 11 heavy (non-hydrogen) atoms. The summed E-state index contributed by atoms with van der Waals surface area (Å²) in [6.45, 7) is 5.92. The third kappa shape index (κ3) is 4.04. The lowest BCUT2D eigenvalue weighted by Gasteiger charge is -1.94. The molecule has 0 fully saturated rings. The smallest absolute Gasteiger partial charge is 0.141 e. The van der Waals surface area contributed by atoms with Crippen molar-refractivity contribution < 1.29 is 0 Å². The van der Waals surface area contributed by atoms with Crippen molar-refractivity contribution >= 4 is 25.0 Å². The van der Waals surface area contributed by atoms with E-state index in [1.807, 2.05) is 20.8 Å². The van der Waals surface area contributed by atoms with Crippen LogP contribution in [0.1, 0.15) is 19.4 Å². The van der Waals surface area contributed by atoms with E-state index in [4.69, 9.17) is 19.4 Å². The molecule has 0 amide bonds. The van der Waals surface area contributed by atoms with Gasteiger partial charge in [0.2, 0.25) is 0 Å². The van der Waals surface area contributed by atoms with E-state index in [9.17, 15) is 0 Å². The van der Waals surface area contributed by atoms with Gasteiger partial charge in [-0.05, 0) is 30.2 Å². The molecule has 0 aliphatic carbocycles. The molecule has 1 nitrogen and oxygen atoms in total. The molecule has 0 saturated heterocycles. The molecule has 0 aliphatic rings. The molecule has 0 saturated carbocycles. The fourth-order valence-electron chi connectivity index (χ4n) is 0.651. The maximum absolute atomic E-state index is 5.56. The van der Waals surface area contributed by atoms with Crippen LogP contribution < -0.4 is 5.59 Å². The van der Waals surface area contributed by atoms with Gasteiger partial charge >= 0.3 is 0 Å². The zero-order valence-electron chi connectivity index (χ0n) is 7.06. The topological polar surface area (TPSA) is 12.9 Å². The van der Waals surface area contributed by atoms with Crippen molar-refractivity contribution in [2.45, 2.75) is 20.8 Å². The third-order valence-corrected chi connectivity index (χ3v) is 1.15. The molecule has 1 aromatic rings. The maximum atomic E-state index is 5.56. The predicted molar refractivity (Wildman–Crippen MR) is 50.7 cm³/mol. The molecule has 1 aromatic heterocycles. The first kappa shape index (κ1) is 10.5. The summed E-state index contributed by atoms with van der Waals surface area (Å²) in [5.41, 5.74) is 1.51. The monoisotopic (exact) mass is 167 g/mol. The highest BCUT2D eigenvalue weighted by Gasteiger charge is 1.90. The van der Waals surface area contributed by atoms with E-state index in [1.54, 1.807) is 12.1 Å². The number of hydrogen-bond donors (Lipinski definition) is 0. The zero-order valence-corrected chi connectivity index (χ0v) is 7.81. The molecule has 0 spiro atoms. The van der Waals surface area contributed by atoms with Crippen molar-refractivity contribution in [1.29, 1.82) is 0 Å². The third-order valence-electron chi connectivity index (χ3n) is 0.958. The van der Waals surface area contributed by atoms with Crippen molar-refractivity contribution in [1.82, 2.24) is 4.98 Å². The van der Waals surface area contributed by atoms with Gasteiger partial charge in [-0.15, -0.1) is 0 Å². The van der Waals surface area contributed by atoms with Gasteiger partial charge in [-0.1, -0.05) is 25.4 Å². The summed E-state index contributed by atoms with van der Waals surface area (Å²) >= 11 is 5.56. The normalized spacial score (nSPS) is 8.36. The Morgan fingerprint density at radius 1 is 1.36 bits per heavy atom. The first-order chi connectivity index (χ1) is 5.18. The van der Waals surface area contributed by atoms with Crippen LogP contribution in [0.15, 0.2) is 12.1 Å². The summed E-state index contributed by atoms with van der Waals surface area (Å²) in [5.74, 6) is 0. The van der Waals surface area contributed by atoms with Gasteiger partial charge in [0.15, 0.2) is 0 Å². The molecule has 58 valence electrons. The standard InChI is InChI=1S/C6H5BClN.C2H6/c1-4-2-5(7)9-6(8)3-4;1-2/h2-3H,1H3;1-2H3. The van der Waals surface area contributed by atoms with E-state index in [0.717, 1.165) is 5.56 Å². The highest BCUT2D eigenvalue weighted by molar-refractivity contribution is 6.33. The maximum Gasteiger partial charge on any atom is 0.141 e. The van der Waals surface area contributed by atoms with Crippen LogP contribution in [0.5, 0.6) is 0 Å². The summed E-state index contributed by atoms with van der Waals surface area (Å²) in [6, 6.07) is 3.53. The number of hydrogen-bond acceptors (Lipinski definition) is 1. The average Bonchev–Trinajstić information content (AvgIpc) is 1.88. The molecule has 0 atom stereocenters. The Bertz CT molecular complexity index is 175. The summed E-state index contributed by atoms with van der Waals surface area (Å²) in [6.07, 6.45) is 0. The Labute approximate surface area is 74.2 Å². The van der Waals surface area contributed by atoms with Crippen molar-refractivity contribution in [2.24, 2.45) is 0 Å². The van der Waals surface area contributed by atoms with Gasteiger partial charge in [0.25, 0.3) is 0 Å². The van der Waals surface area contributed by atoms with Crippen LogP contribution in [0.4, 0.5) is 0 Å². The van der Waals surface area contributed by atoms with Crippen molar-refractivity contribution in [3.05, 3.63) is 22.8 Å².